The van der Waals surface area contributed by atoms with Crippen LogP contribution in [0.2, 0.25) is 0 Å². The fourth-order valence-electron chi connectivity index (χ4n) is 3.97. The second-order valence-electron chi connectivity index (χ2n) is 7.76. The molecule has 156 valence electrons. The van der Waals surface area contributed by atoms with E-state index in [2.05, 4.69) is 15.6 Å². The minimum atomic E-state index is -0.577. The van der Waals surface area contributed by atoms with Crippen LogP contribution in [0, 0.1) is 0 Å². The second kappa shape index (κ2) is 8.62. The Morgan fingerprint density at radius 2 is 2.00 bits per heavy atom. The highest BCUT2D eigenvalue weighted by atomic mass is 16.2. The summed E-state index contributed by atoms with van der Waals surface area (Å²) in [4.78, 5) is 41.9. The van der Waals surface area contributed by atoms with Crippen LogP contribution >= 0.6 is 0 Å². The maximum Gasteiger partial charge on any atom is 0.255 e. The van der Waals surface area contributed by atoms with E-state index in [9.17, 15) is 14.4 Å². The number of carbonyl (C=O) groups is 3. The number of rotatable bonds is 7. The number of carbonyl (C=O) groups excluding carboxylic acids is 3. The summed E-state index contributed by atoms with van der Waals surface area (Å²) in [7, 11) is 0. The summed E-state index contributed by atoms with van der Waals surface area (Å²) >= 11 is 0. The molecule has 1 atom stereocenters. The molecular weight excluding hydrogens is 382 g/mol. The first-order chi connectivity index (χ1) is 14.5. The number of pyridine rings is 1. The van der Waals surface area contributed by atoms with E-state index >= 15 is 0 Å². The lowest BCUT2D eigenvalue weighted by molar-refractivity contribution is -0.136. The van der Waals surface area contributed by atoms with Crippen molar-refractivity contribution < 1.29 is 14.4 Å². The Morgan fingerprint density at radius 3 is 2.77 bits per heavy atom. The Morgan fingerprint density at radius 1 is 1.17 bits per heavy atom. The van der Waals surface area contributed by atoms with E-state index in [1.807, 2.05) is 30.3 Å². The van der Waals surface area contributed by atoms with Crippen LogP contribution in [0.5, 0.6) is 0 Å². The van der Waals surface area contributed by atoms with Crippen LogP contribution in [0.4, 0.5) is 5.82 Å². The summed E-state index contributed by atoms with van der Waals surface area (Å²) in [5.74, 6) is -0.272. The van der Waals surface area contributed by atoms with Gasteiger partial charge in [-0.15, -0.1) is 0 Å². The molecule has 4 rings (SSSR count). The van der Waals surface area contributed by atoms with Gasteiger partial charge in [0.1, 0.15) is 11.9 Å². The van der Waals surface area contributed by atoms with Crippen molar-refractivity contribution in [2.24, 2.45) is 0 Å². The molecule has 1 aromatic carbocycles. The molecule has 0 spiro atoms. The Kier molecular flexibility index (Phi) is 5.76. The number of aryl methyl sites for hydroxylation is 1. The molecule has 3 heterocycles. The third-order valence-electron chi connectivity index (χ3n) is 5.58. The number of hydrogen-bond donors (Lipinski definition) is 3. The number of piperidine rings is 1. The van der Waals surface area contributed by atoms with Gasteiger partial charge in [-0.25, -0.2) is 4.98 Å². The van der Waals surface area contributed by atoms with Gasteiger partial charge in [0.25, 0.3) is 5.91 Å². The van der Waals surface area contributed by atoms with Gasteiger partial charge in [-0.05, 0) is 54.6 Å². The van der Waals surface area contributed by atoms with E-state index in [-0.39, 0.29) is 24.1 Å². The van der Waals surface area contributed by atoms with Crippen molar-refractivity contribution in [3.8, 4) is 0 Å². The molecule has 1 fully saturated rings. The average Bonchev–Trinajstić information content (AvgIpc) is 3.05. The SMILES string of the molecule is Nc1ccc(CCCNCc2ccc3c(c2)CN(C2CCC(=O)NC2=O)C3=O)cn1. The van der Waals surface area contributed by atoms with E-state index < -0.39 is 6.04 Å². The van der Waals surface area contributed by atoms with Crippen molar-refractivity contribution in [2.75, 3.05) is 12.3 Å². The van der Waals surface area contributed by atoms with E-state index in [1.165, 1.54) is 0 Å². The molecule has 8 nitrogen and oxygen atoms in total. The minimum Gasteiger partial charge on any atom is -0.384 e. The molecular formula is C22H25N5O3. The van der Waals surface area contributed by atoms with E-state index in [1.54, 1.807) is 11.1 Å². The number of nitrogens with zero attached hydrogens (tertiary/aromatic N) is 2. The fraction of sp³-hybridized carbons (Fsp3) is 0.364. The molecule has 1 unspecified atom stereocenters. The number of aromatic nitrogens is 1. The van der Waals surface area contributed by atoms with Gasteiger partial charge in [0.2, 0.25) is 11.8 Å². The number of anilines is 1. The summed E-state index contributed by atoms with van der Waals surface area (Å²) < 4.78 is 0. The lowest BCUT2D eigenvalue weighted by Crippen LogP contribution is -2.52. The highest BCUT2D eigenvalue weighted by molar-refractivity contribution is 6.05. The molecule has 3 amide bonds. The number of imide groups is 1. The number of benzene rings is 1. The first-order valence-electron chi connectivity index (χ1n) is 10.2. The summed E-state index contributed by atoms with van der Waals surface area (Å²) in [5, 5.41) is 5.75. The van der Waals surface area contributed by atoms with Gasteiger partial charge in [-0.1, -0.05) is 18.2 Å². The van der Waals surface area contributed by atoms with E-state index in [0.717, 1.165) is 36.1 Å². The van der Waals surface area contributed by atoms with Crippen LogP contribution in [0.3, 0.4) is 0 Å². The fourth-order valence-corrected chi connectivity index (χ4v) is 3.97. The quantitative estimate of drug-likeness (QED) is 0.468. The summed E-state index contributed by atoms with van der Waals surface area (Å²) in [5.41, 5.74) is 9.42. The molecule has 2 aromatic rings. The lowest BCUT2D eigenvalue weighted by atomic mass is 10.0. The molecule has 2 aliphatic heterocycles. The van der Waals surface area contributed by atoms with Gasteiger partial charge in [-0.2, -0.15) is 0 Å². The van der Waals surface area contributed by atoms with Crippen LogP contribution < -0.4 is 16.4 Å². The Balaban J connectivity index is 1.29. The zero-order valence-electron chi connectivity index (χ0n) is 16.7. The molecule has 30 heavy (non-hydrogen) atoms. The molecule has 0 radical (unpaired) electrons. The molecule has 4 N–H and O–H groups in total. The van der Waals surface area contributed by atoms with Crippen molar-refractivity contribution >= 4 is 23.5 Å². The van der Waals surface area contributed by atoms with Gasteiger partial charge >= 0.3 is 0 Å². The summed E-state index contributed by atoms with van der Waals surface area (Å²) in [6, 6.07) is 9.03. The van der Waals surface area contributed by atoms with Crippen molar-refractivity contribution in [3.63, 3.8) is 0 Å². The predicted molar refractivity (Wildman–Crippen MR) is 111 cm³/mol. The molecule has 1 aromatic heterocycles. The summed E-state index contributed by atoms with van der Waals surface area (Å²) in [6.45, 7) is 1.97. The third kappa shape index (κ3) is 4.33. The Hall–Kier alpha value is -3.26. The third-order valence-corrected chi connectivity index (χ3v) is 5.58. The molecule has 0 aliphatic carbocycles. The first-order valence-corrected chi connectivity index (χ1v) is 10.2. The van der Waals surface area contributed by atoms with E-state index in [0.29, 0.717) is 30.9 Å². The number of nitrogens with two attached hydrogens (primary N) is 1. The molecule has 0 saturated carbocycles. The Labute approximate surface area is 174 Å². The van der Waals surface area contributed by atoms with Gasteiger partial charge in [0.05, 0.1) is 0 Å². The maximum absolute atomic E-state index is 12.7. The van der Waals surface area contributed by atoms with Crippen LogP contribution in [0.25, 0.3) is 0 Å². The minimum absolute atomic E-state index is 0.142. The second-order valence-corrected chi connectivity index (χ2v) is 7.76. The highest BCUT2D eigenvalue weighted by Crippen LogP contribution is 2.28. The topological polar surface area (TPSA) is 117 Å². The smallest absolute Gasteiger partial charge is 0.255 e. The highest BCUT2D eigenvalue weighted by Gasteiger charge is 2.38. The zero-order chi connectivity index (χ0) is 21.1. The van der Waals surface area contributed by atoms with E-state index in [4.69, 9.17) is 5.73 Å². The molecule has 0 bridgehead atoms. The maximum atomic E-state index is 12.7. The van der Waals surface area contributed by atoms with Crippen molar-refractivity contribution in [3.05, 3.63) is 58.8 Å². The lowest BCUT2D eigenvalue weighted by Gasteiger charge is -2.29. The number of nitrogen functional groups attached to an aromatic ring is 1. The number of nitrogens with one attached hydrogen (secondary N) is 2. The van der Waals surface area contributed by atoms with Crippen molar-refractivity contribution in [2.45, 2.75) is 44.8 Å². The standard InChI is InChI=1S/C22H25N5O3/c23-19-7-4-14(12-25-19)2-1-9-24-11-15-3-5-17-16(10-15)13-27(22(17)30)18-6-8-20(28)26-21(18)29/h3-5,7,10,12,18,24H,1-2,6,8-9,11,13H2,(H2,23,25)(H,26,28,29). The largest absolute Gasteiger partial charge is 0.384 e. The van der Waals surface area contributed by atoms with Gasteiger partial charge in [0, 0.05) is 31.3 Å². The monoisotopic (exact) mass is 407 g/mol. The number of fused-ring (bicyclic) bond motifs is 1. The van der Waals surface area contributed by atoms with Gasteiger partial charge < -0.3 is 16.0 Å². The van der Waals surface area contributed by atoms with Gasteiger partial charge in [-0.3, -0.25) is 19.7 Å². The van der Waals surface area contributed by atoms with Crippen molar-refractivity contribution in [1.29, 1.82) is 0 Å². The van der Waals surface area contributed by atoms with Crippen molar-refractivity contribution in [1.82, 2.24) is 20.5 Å². The van der Waals surface area contributed by atoms with Crippen LogP contribution in [0.1, 0.15) is 46.3 Å². The number of amides is 3. The Bertz CT molecular complexity index is 973. The first kappa shape index (κ1) is 20.0. The van der Waals surface area contributed by atoms with Crippen LogP contribution in [-0.2, 0) is 29.1 Å². The summed E-state index contributed by atoms with van der Waals surface area (Å²) in [6.07, 6.45) is 4.36. The van der Waals surface area contributed by atoms with Crippen LogP contribution in [-0.4, -0.2) is 40.2 Å². The average molecular weight is 407 g/mol. The van der Waals surface area contributed by atoms with Gasteiger partial charge in [0.15, 0.2) is 0 Å². The molecule has 1 saturated heterocycles. The molecule has 2 aliphatic rings. The zero-order valence-corrected chi connectivity index (χ0v) is 16.7. The number of hydrogen-bond acceptors (Lipinski definition) is 6. The van der Waals surface area contributed by atoms with Crippen LogP contribution in [0.15, 0.2) is 36.5 Å². The predicted octanol–water partition coefficient (Wildman–Crippen LogP) is 1.15. The molecule has 8 heteroatoms. The normalized spacial score (nSPS) is 18.5.